The van der Waals surface area contributed by atoms with Gasteiger partial charge in [-0.1, -0.05) is 54.9 Å². The fourth-order valence-electron chi connectivity index (χ4n) is 2.50. The lowest BCUT2D eigenvalue weighted by atomic mass is 10.1. The third kappa shape index (κ3) is 4.86. The third-order valence-electron chi connectivity index (χ3n) is 3.71. The number of aromatic nitrogens is 3. The number of hydrogen-bond acceptors (Lipinski definition) is 4. The highest BCUT2D eigenvalue weighted by molar-refractivity contribution is 7.99. The van der Waals surface area contributed by atoms with Crippen LogP contribution in [-0.2, 0) is 11.2 Å². The summed E-state index contributed by atoms with van der Waals surface area (Å²) in [5, 5.41) is 12.2. The molecule has 0 bridgehead atoms. The van der Waals surface area contributed by atoms with Crippen LogP contribution in [0.2, 0.25) is 5.02 Å². The fraction of sp³-hybridized carbons (Fsp3) is 0.211. The maximum absolute atomic E-state index is 12.2. The Kier molecular flexibility index (Phi) is 6.30. The average Bonchev–Trinajstić information content (AvgIpc) is 3.10. The highest BCUT2D eigenvalue weighted by Crippen LogP contribution is 2.22. The van der Waals surface area contributed by atoms with Gasteiger partial charge in [0.25, 0.3) is 0 Å². The Morgan fingerprint density at radius 2 is 2.04 bits per heavy atom. The molecule has 134 valence electrons. The molecule has 0 fully saturated rings. The standard InChI is InChI=1S/C19H19ClN4OS/c1-2-4-14-7-9-16(10-8-14)22-18(25)12-26-19-23-21-13-24(19)17-6-3-5-15(20)11-17/h3,5-11,13H,2,4,12H2,1H3,(H,22,25). The van der Waals surface area contributed by atoms with E-state index in [0.717, 1.165) is 24.2 Å². The van der Waals surface area contributed by atoms with Gasteiger partial charge in [-0.15, -0.1) is 10.2 Å². The number of hydrogen-bond donors (Lipinski definition) is 1. The monoisotopic (exact) mass is 386 g/mol. The van der Waals surface area contributed by atoms with Gasteiger partial charge in [0.05, 0.1) is 11.4 Å². The van der Waals surface area contributed by atoms with Crippen molar-refractivity contribution in [3.05, 3.63) is 65.4 Å². The number of nitrogens with one attached hydrogen (secondary N) is 1. The van der Waals surface area contributed by atoms with Gasteiger partial charge in [-0.2, -0.15) is 0 Å². The SMILES string of the molecule is CCCc1ccc(NC(=O)CSc2nncn2-c2cccc(Cl)c2)cc1. The van der Waals surface area contributed by atoms with E-state index in [2.05, 4.69) is 22.4 Å². The maximum atomic E-state index is 12.2. The number of anilines is 1. The van der Waals surface area contributed by atoms with Gasteiger partial charge in [0.2, 0.25) is 5.91 Å². The number of carbonyl (C=O) groups excluding carboxylic acids is 1. The van der Waals surface area contributed by atoms with E-state index in [1.807, 2.05) is 53.1 Å². The molecule has 1 aromatic heterocycles. The first kappa shape index (κ1) is 18.5. The zero-order valence-corrected chi connectivity index (χ0v) is 15.9. The molecule has 0 aliphatic rings. The van der Waals surface area contributed by atoms with Gasteiger partial charge in [0.15, 0.2) is 5.16 Å². The Hall–Kier alpha value is -2.31. The van der Waals surface area contributed by atoms with Crippen LogP contribution in [0.1, 0.15) is 18.9 Å². The molecule has 0 atom stereocenters. The van der Waals surface area contributed by atoms with E-state index >= 15 is 0 Å². The van der Waals surface area contributed by atoms with Crippen molar-refractivity contribution in [3.8, 4) is 5.69 Å². The van der Waals surface area contributed by atoms with Gasteiger partial charge >= 0.3 is 0 Å². The molecule has 3 rings (SSSR count). The van der Waals surface area contributed by atoms with Gasteiger partial charge < -0.3 is 5.32 Å². The van der Waals surface area contributed by atoms with Crippen LogP contribution < -0.4 is 5.32 Å². The molecule has 2 aromatic carbocycles. The zero-order valence-electron chi connectivity index (χ0n) is 14.4. The van der Waals surface area contributed by atoms with E-state index in [9.17, 15) is 4.79 Å². The minimum absolute atomic E-state index is 0.0844. The Bertz CT molecular complexity index is 879. The van der Waals surface area contributed by atoms with Gasteiger partial charge in [-0.25, -0.2) is 0 Å². The van der Waals surface area contributed by atoms with E-state index in [1.165, 1.54) is 17.3 Å². The number of thioether (sulfide) groups is 1. The number of benzene rings is 2. The summed E-state index contributed by atoms with van der Waals surface area (Å²) in [5.41, 5.74) is 2.93. The summed E-state index contributed by atoms with van der Waals surface area (Å²) < 4.78 is 1.81. The van der Waals surface area contributed by atoms with Gasteiger partial charge in [0.1, 0.15) is 6.33 Å². The highest BCUT2D eigenvalue weighted by Gasteiger charge is 2.10. The summed E-state index contributed by atoms with van der Waals surface area (Å²) in [6, 6.07) is 15.4. The fourth-order valence-corrected chi connectivity index (χ4v) is 3.41. The van der Waals surface area contributed by atoms with Crippen molar-refractivity contribution < 1.29 is 4.79 Å². The summed E-state index contributed by atoms with van der Waals surface area (Å²) in [6.45, 7) is 2.15. The molecule has 0 aliphatic carbocycles. The smallest absolute Gasteiger partial charge is 0.234 e. The minimum Gasteiger partial charge on any atom is -0.325 e. The lowest BCUT2D eigenvalue weighted by Gasteiger charge is -2.08. The summed E-state index contributed by atoms with van der Waals surface area (Å²) in [6.07, 6.45) is 3.76. The highest BCUT2D eigenvalue weighted by atomic mass is 35.5. The van der Waals surface area contributed by atoms with Crippen molar-refractivity contribution in [1.29, 1.82) is 0 Å². The lowest BCUT2D eigenvalue weighted by Crippen LogP contribution is -2.14. The Morgan fingerprint density at radius 1 is 1.23 bits per heavy atom. The third-order valence-corrected chi connectivity index (χ3v) is 4.89. The van der Waals surface area contributed by atoms with Crippen LogP contribution in [0.5, 0.6) is 0 Å². The first-order chi connectivity index (χ1) is 12.7. The van der Waals surface area contributed by atoms with Crippen LogP contribution in [0, 0.1) is 0 Å². The molecule has 0 radical (unpaired) electrons. The van der Waals surface area contributed by atoms with Crippen molar-refractivity contribution in [1.82, 2.24) is 14.8 Å². The molecule has 0 aliphatic heterocycles. The molecule has 0 saturated carbocycles. The number of rotatable bonds is 7. The first-order valence-electron chi connectivity index (χ1n) is 8.33. The molecule has 7 heteroatoms. The topological polar surface area (TPSA) is 59.8 Å². The minimum atomic E-state index is -0.0844. The van der Waals surface area contributed by atoms with Crippen LogP contribution in [0.25, 0.3) is 5.69 Å². The van der Waals surface area contributed by atoms with Crippen LogP contribution in [-0.4, -0.2) is 26.4 Å². The van der Waals surface area contributed by atoms with Crippen LogP contribution in [0.3, 0.4) is 0 Å². The number of carbonyl (C=O) groups is 1. The molecule has 1 heterocycles. The molecule has 0 saturated heterocycles. The van der Waals surface area contributed by atoms with Crippen molar-refractivity contribution >= 4 is 35.0 Å². The molecule has 5 nitrogen and oxygen atoms in total. The van der Waals surface area contributed by atoms with Crippen LogP contribution >= 0.6 is 23.4 Å². The van der Waals surface area contributed by atoms with Crippen molar-refractivity contribution in [3.63, 3.8) is 0 Å². The summed E-state index contributed by atoms with van der Waals surface area (Å²) in [4.78, 5) is 12.2. The Morgan fingerprint density at radius 3 is 2.77 bits per heavy atom. The average molecular weight is 387 g/mol. The van der Waals surface area contributed by atoms with E-state index in [4.69, 9.17) is 11.6 Å². The van der Waals surface area contributed by atoms with Gasteiger partial charge in [-0.3, -0.25) is 9.36 Å². The van der Waals surface area contributed by atoms with Gasteiger partial charge in [0, 0.05) is 10.7 Å². The number of aryl methyl sites for hydroxylation is 1. The lowest BCUT2D eigenvalue weighted by molar-refractivity contribution is -0.113. The van der Waals surface area contributed by atoms with Gasteiger partial charge in [-0.05, 0) is 42.3 Å². The summed E-state index contributed by atoms with van der Waals surface area (Å²) >= 11 is 7.36. The quantitative estimate of drug-likeness (QED) is 0.602. The number of halogens is 1. The zero-order chi connectivity index (χ0) is 18.4. The Labute approximate surface area is 161 Å². The van der Waals surface area contributed by atoms with Crippen molar-refractivity contribution in [2.45, 2.75) is 24.9 Å². The van der Waals surface area contributed by atoms with Crippen molar-refractivity contribution in [2.75, 3.05) is 11.1 Å². The second-order valence-corrected chi connectivity index (χ2v) is 7.13. The Balaban J connectivity index is 1.59. The van der Waals surface area contributed by atoms with Crippen LogP contribution in [0.4, 0.5) is 5.69 Å². The van der Waals surface area contributed by atoms with Crippen molar-refractivity contribution in [2.24, 2.45) is 0 Å². The molecule has 1 amide bonds. The molecule has 3 aromatic rings. The number of amides is 1. The van der Waals surface area contributed by atoms with Crippen LogP contribution in [0.15, 0.2) is 60.0 Å². The normalized spacial score (nSPS) is 10.7. The van der Waals surface area contributed by atoms with E-state index in [1.54, 1.807) is 6.33 Å². The predicted octanol–water partition coefficient (Wildman–Crippen LogP) is 4.60. The van der Waals surface area contributed by atoms with E-state index in [-0.39, 0.29) is 11.7 Å². The number of nitrogens with zero attached hydrogens (tertiary/aromatic N) is 3. The molecule has 0 unspecified atom stereocenters. The molecule has 26 heavy (non-hydrogen) atoms. The maximum Gasteiger partial charge on any atom is 0.234 e. The molecule has 1 N–H and O–H groups in total. The second kappa shape index (κ2) is 8.87. The summed E-state index contributed by atoms with van der Waals surface area (Å²) in [7, 11) is 0. The predicted molar refractivity (Wildman–Crippen MR) is 106 cm³/mol. The molecular weight excluding hydrogens is 368 g/mol. The molecular formula is C19H19ClN4OS. The first-order valence-corrected chi connectivity index (χ1v) is 9.69. The second-order valence-electron chi connectivity index (χ2n) is 5.75. The molecule has 0 spiro atoms. The largest absolute Gasteiger partial charge is 0.325 e. The summed E-state index contributed by atoms with van der Waals surface area (Å²) in [5.74, 6) is 0.162. The van der Waals surface area contributed by atoms with E-state index in [0.29, 0.717) is 10.2 Å². The van der Waals surface area contributed by atoms with E-state index < -0.39 is 0 Å².